The number of hydrogen-bond acceptors (Lipinski definition) is 2. The number of nitrogens with zero attached hydrogens (tertiary/aromatic N) is 1. The molecule has 1 amide bonds. The highest BCUT2D eigenvalue weighted by Gasteiger charge is 2.40. The quantitative estimate of drug-likeness (QED) is 0.723. The van der Waals surface area contributed by atoms with Crippen LogP contribution in [-0.2, 0) is 9.59 Å². The number of carbonyl (C=O) groups excluding carboxylic acids is 1. The van der Waals surface area contributed by atoms with Crippen LogP contribution >= 0.6 is 0 Å². The third-order valence-corrected chi connectivity index (χ3v) is 3.26. The van der Waals surface area contributed by atoms with Gasteiger partial charge in [-0.15, -0.1) is 0 Å². The number of rotatable bonds is 3. The van der Waals surface area contributed by atoms with Crippen molar-refractivity contribution in [1.29, 1.82) is 0 Å². The second-order valence-electron chi connectivity index (χ2n) is 4.78. The average molecular weight is 213 g/mol. The Labute approximate surface area is 90.3 Å². The van der Waals surface area contributed by atoms with Gasteiger partial charge in [-0.25, -0.2) is 0 Å². The smallest absolute Gasteiger partial charge is 0.318 e. The molecule has 0 heterocycles. The minimum atomic E-state index is -1.31. The van der Waals surface area contributed by atoms with Crippen molar-refractivity contribution >= 4 is 11.9 Å². The van der Waals surface area contributed by atoms with Crippen LogP contribution in [0, 0.1) is 5.41 Å². The molecule has 0 aromatic carbocycles. The predicted octanol–water partition coefficient (Wildman–Crippen LogP) is 1.50. The second-order valence-corrected chi connectivity index (χ2v) is 4.78. The lowest BCUT2D eigenvalue weighted by atomic mass is 9.91. The van der Waals surface area contributed by atoms with E-state index in [9.17, 15) is 9.59 Å². The Hall–Kier alpha value is -1.06. The molecule has 0 aromatic rings. The second kappa shape index (κ2) is 4.21. The van der Waals surface area contributed by atoms with Crippen molar-refractivity contribution in [3.63, 3.8) is 0 Å². The van der Waals surface area contributed by atoms with E-state index in [1.54, 1.807) is 11.9 Å². The molecule has 0 saturated heterocycles. The Kier molecular flexibility index (Phi) is 3.37. The SMILES string of the molecule is CN(C(=O)C(C)(C)C(=O)O)C1CCCC1. The number of carboxylic acids is 1. The molecule has 1 aliphatic carbocycles. The molecule has 0 radical (unpaired) electrons. The summed E-state index contributed by atoms with van der Waals surface area (Å²) in [7, 11) is 1.71. The van der Waals surface area contributed by atoms with Crippen LogP contribution < -0.4 is 0 Å². The normalized spacial score (nSPS) is 17.8. The zero-order valence-electron chi connectivity index (χ0n) is 9.62. The standard InChI is InChI=1S/C11H19NO3/c1-11(2,10(14)15)9(13)12(3)8-6-4-5-7-8/h8H,4-7H2,1-3H3,(H,14,15). The van der Waals surface area contributed by atoms with Gasteiger partial charge in [0.1, 0.15) is 5.41 Å². The molecule has 86 valence electrons. The highest BCUT2D eigenvalue weighted by Crippen LogP contribution is 2.27. The molecule has 1 fully saturated rings. The minimum Gasteiger partial charge on any atom is -0.480 e. The molecule has 0 aromatic heterocycles. The van der Waals surface area contributed by atoms with Crippen LogP contribution in [0.2, 0.25) is 0 Å². The third-order valence-electron chi connectivity index (χ3n) is 3.26. The fraction of sp³-hybridized carbons (Fsp3) is 0.818. The monoisotopic (exact) mass is 213 g/mol. The Bertz CT molecular complexity index is 267. The summed E-state index contributed by atoms with van der Waals surface area (Å²) < 4.78 is 0. The number of carboxylic acid groups (broad SMARTS) is 1. The van der Waals surface area contributed by atoms with E-state index < -0.39 is 11.4 Å². The molecule has 4 heteroatoms. The Morgan fingerprint density at radius 2 is 1.73 bits per heavy atom. The van der Waals surface area contributed by atoms with Gasteiger partial charge in [0.25, 0.3) is 0 Å². The zero-order chi connectivity index (χ0) is 11.6. The molecule has 4 nitrogen and oxygen atoms in total. The van der Waals surface area contributed by atoms with E-state index >= 15 is 0 Å². The lowest BCUT2D eigenvalue weighted by molar-refractivity contribution is -0.158. The largest absolute Gasteiger partial charge is 0.480 e. The highest BCUT2D eigenvalue weighted by atomic mass is 16.4. The van der Waals surface area contributed by atoms with Crippen LogP contribution in [0.15, 0.2) is 0 Å². The fourth-order valence-electron chi connectivity index (χ4n) is 1.99. The van der Waals surface area contributed by atoms with Crippen molar-refractivity contribution in [2.75, 3.05) is 7.05 Å². The maximum atomic E-state index is 11.9. The first-order chi connectivity index (χ1) is 6.87. The molecule has 1 aliphatic rings. The first-order valence-corrected chi connectivity index (χ1v) is 5.38. The van der Waals surface area contributed by atoms with Crippen molar-refractivity contribution in [3.8, 4) is 0 Å². The number of hydrogen-bond donors (Lipinski definition) is 1. The van der Waals surface area contributed by atoms with Crippen molar-refractivity contribution in [1.82, 2.24) is 4.90 Å². The van der Waals surface area contributed by atoms with Gasteiger partial charge in [-0.1, -0.05) is 12.8 Å². The number of aliphatic carboxylic acids is 1. The van der Waals surface area contributed by atoms with Gasteiger partial charge >= 0.3 is 5.97 Å². The molecule has 15 heavy (non-hydrogen) atoms. The van der Waals surface area contributed by atoms with Crippen LogP contribution in [0.3, 0.4) is 0 Å². The van der Waals surface area contributed by atoms with Gasteiger partial charge in [0, 0.05) is 13.1 Å². The highest BCUT2D eigenvalue weighted by molar-refractivity contribution is 6.00. The number of carbonyl (C=O) groups is 2. The van der Waals surface area contributed by atoms with E-state index in [2.05, 4.69) is 0 Å². The van der Waals surface area contributed by atoms with Gasteiger partial charge in [0.2, 0.25) is 5.91 Å². The summed E-state index contributed by atoms with van der Waals surface area (Å²) >= 11 is 0. The lowest BCUT2D eigenvalue weighted by Crippen LogP contribution is -2.46. The van der Waals surface area contributed by atoms with Gasteiger partial charge < -0.3 is 10.0 Å². The van der Waals surface area contributed by atoms with Crippen LogP contribution in [0.4, 0.5) is 0 Å². The predicted molar refractivity (Wildman–Crippen MR) is 56.4 cm³/mol. The first kappa shape index (κ1) is 12.0. The minimum absolute atomic E-state index is 0.233. The molecular weight excluding hydrogens is 194 g/mol. The lowest BCUT2D eigenvalue weighted by Gasteiger charge is -2.30. The Morgan fingerprint density at radius 3 is 2.13 bits per heavy atom. The van der Waals surface area contributed by atoms with Crippen LogP contribution in [-0.4, -0.2) is 35.0 Å². The molecule has 0 aliphatic heterocycles. The molecule has 0 atom stereocenters. The van der Waals surface area contributed by atoms with Crippen molar-refractivity contribution in [2.45, 2.75) is 45.6 Å². The summed E-state index contributed by atoms with van der Waals surface area (Å²) in [6.07, 6.45) is 4.27. The fourth-order valence-corrected chi connectivity index (χ4v) is 1.99. The first-order valence-electron chi connectivity index (χ1n) is 5.38. The van der Waals surface area contributed by atoms with Crippen LogP contribution in [0.5, 0.6) is 0 Å². The molecule has 0 spiro atoms. The van der Waals surface area contributed by atoms with Gasteiger partial charge in [-0.3, -0.25) is 9.59 Å². The van der Waals surface area contributed by atoms with E-state index in [4.69, 9.17) is 5.11 Å². The van der Waals surface area contributed by atoms with Crippen molar-refractivity contribution < 1.29 is 14.7 Å². The summed E-state index contributed by atoms with van der Waals surface area (Å²) in [6.45, 7) is 2.92. The van der Waals surface area contributed by atoms with Gasteiger partial charge in [-0.05, 0) is 26.7 Å². The molecular formula is C11H19NO3. The van der Waals surface area contributed by atoms with Crippen LogP contribution in [0.1, 0.15) is 39.5 Å². The third kappa shape index (κ3) is 2.30. The van der Waals surface area contributed by atoms with Gasteiger partial charge in [0.15, 0.2) is 0 Å². The van der Waals surface area contributed by atoms with E-state index in [1.165, 1.54) is 13.8 Å². The Balaban J connectivity index is 2.70. The molecule has 1 N–H and O–H groups in total. The topological polar surface area (TPSA) is 57.6 Å². The van der Waals surface area contributed by atoms with Crippen molar-refractivity contribution in [2.24, 2.45) is 5.41 Å². The van der Waals surface area contributed by atoms with E-state index in [0.29, 0.717) is 0 Å². The zero-order valence-corrected chi connectivity index (χ0v) is 9.62. The number of amides is 1. The summed E-state index contributed by atoms with van der Waals surface area (Å²) in [5.74, 6) is -1.35. The molecule has 1 saturated carbocycles. The van der Waals surface area contributed by atoms with Crippen molar-refractivity contribution in [3.05, 3.63) is 0 Å². The molecule has 0 unspecified atom stereocenters. The van der Waals surface area contributed by atoms with E-state index in [0.717, 1.165) is 25.7 Å². The van der Waals surface area contributed by atoms with Crippen LogP contribution in [0.25, 0.3) is 0 Å². The Morgan fingerprint density at radius 1 is 1.27 bits per heavy atom. The molecule has 1 rings (SSSR count). The average Bonchev–Trinajstić information content (AvgIpc) is 2.67. The van der Waals surface area contributed by atoms with Gasteiger partial charge in [0.05, 0.1) is 0 Å². The maximum Gasteiger partial charge on any atom is 0.318 e. The summed E-state index contributed by atoms with van der Waals surface area (Å²) in [4.78, 5) is 24.5. The summed E-state index contributed by atoms with van der Waals surface area (Å²) in [6, 6.07) is 0.233. The van der Waals surface area contributed by atoms with E-state index in [-0.39, 0.29) is 11.9 Å². The maximum absolute atomic E-state index is 11.9. The summed E-state index contributed by atoms with van der Waals surface area (Å²) in [5, 5.41) is 8.96. The van der Waals surface area contributed by atoms with E-state index in [1.807, 2.05) is 0 Å². The molecule has 0 bridgehead atoms. The summed E-state index contributed by atoms with van der Waals surface area (Å²) in [5.41, 5.74) is -1.31. The van der Waals surface area contributed by atoms with Gasteiger partial charge in [-0.2, -0.15) is 0 Å².